The van der Waals surface area contributed by atoms with Crippen LogP contribution in [-0.4, -0.2) is 49.8 Å². The predicted octanol–water partition coefficient (Wildman–Crippen LogP) is 3.51. The van der Waals surface area contributed by atoms with Gasteiger partial charge in [-0.3, -0.25) is 9.59 Å². The maximum atomic E-state index is 12.5. The number of amides is 2. The zero-order chi connectivity index (χ0) is 29.0. The van der Waals surface area contributed by atoms with Gasteiger partial charge in [-0.15, -0.1) is 0 Å². The standard InChI is InChI=1S/C28H30N6O6S/c1-17-26(27(36)29-2)22-9-8-21(15-23(22)39-17)40-25-11-12-30-28(34-25)33-20-5-3-4-18(14-20)16-41(37,38)31-13-10-24(35)32-19-6-7-19/h3-5,8-9,11-12,14-15,19,31H,6-7,10,13,16H2,1-2H3,(H,29,36)(H,32,35)(H,30,33,34). The minimum absolute atomic E-state index is 0.0428. The van der Waals surface area contributed by atoms with Crippen molar-refractivity contribution in [1.82, 2.24) is 25.3 Å². The monoisotopic (exact) mass is 578 g/mol. The Bertz CT molecular complexity index is 1700. The number of carbonyl (C=O) groups excluding carboxylic acids is 2. The fourth-order valence-electron chi connectivity index (χ4n) is 4.24. The Balaban J connectivity index is 1.21. The molecule has 0 saturated heterocycles. The SMILES string of the molecule is CNC(=O)c1c(C)oc2cc(Oc3ccnc(Nc4cccc(CS(=O)(=O)NCCC(=O)NC5CC5)c4)n3)ccc12. The van der Waals surface area contributed by atoms with Gasteiger partial charge in [-0.25, -0.2) is 18.1 Å². The molecule has 0 aliphatic heterocycles. The summed E-state index contributed by atoms with van der Waals surface area (Å²) in [6.45, 7) is 1.77. The van der Waals surface area contributed by atoms with Gasteiger partial charge in [0.25, 0.3) is 5.91 Å². The third-order valence-electron chi connectivity index (χ3n) is 6.30. The van der Waals surface area contributed by atoms with Gasteiger partial charge < -0.3 is 25.1 Å². The van der Waals surface area contributed by atoms with E-state index in [-0.39, 0.29) is 48.4 Å². The van der Waals surface area contributed by atoms with Crippen LogP contribution in [0, 0.1) is 6.92 Å². The quantitative estimate of drug-likeness (QED) is 0.197. The highest BCUT2D eigenvalue weighted by molar-refractivity contribution is 7.88. The third-order valence-corrected chi connectivity index (χ3v) is 7.66. The molecule has 4 aromatic rings. The van der Waals surface area contributed by atoms with E-state index >= 15 is 0 Å². The number of rotatable bonds is 12. The number of anilines is 2. The Morgan fingerprint density at radius 3 is 2.73 bits per heavy atom. The first-order valence-corrected chi connectivity index (χ1v) is 14.7. The average molecular weight is 579 g/mol. The van der Waals surface area contributed by atoms with Crippen LogP contribution in [0.3, 0.4) is 0 Å². The van der Waals surface area contributed by atoms with Crippen LogP contribution in [0.2, 0.25) is 0 Å². The second-order valence-electron chi connectivity index (χ2n) is 9.66. The Hall–Kier alpha value is -4.49. The van der Waals surface area contributed by atoms with Crippen LogP contribution in [0.4, 0.5) is 11.6 Å². The summed E-state index contributed by atoms with van der Waals surface area (Å²) >= 11 is 0. The van der Waals surface area contributed by atoms with Crippen molar-refractivity contribution in [1.29, 1.82) is 0 Å². The van der Waals surface area contributed by atoms with E-state index in [1.807, 2.05) is 0 Å². The summed E-state index contributed by atoms with van der Waals surface area (Å²) in [5.74, 6) is 0.861. The normalized spacial score (nSPS) is 13.1. The lowest BCUT2D eigenvalue weighted by Crippen LogP contribution is -2.32. The van der Waals surface area contributed by atoms with Crippen molar-refractivity contribution in [2.45, 2.75) is 38.0 Å². The number of nitrogens with zero attached hydrogens (tertiary/aromatic N) is 2. The largest absolute Gasteiger partial charge is 0.460 e. The van der Waals surface area contributed by atoms with E-state index < -0.39 is 10.0 Å². The molecule has 0 bridgehead atoms. The molecule has 4 N–H and O–H groups in total. The molecule has 1 aliphatic carbocycles. The lowest BCUT2D eigenvalue weighted by atomic mass is 10.1. The van der Waals surface area contributed by atoms with Gasteiger partial charge in [-0.1, -0.05) is 12.1 Å². The molecule has 12 nitrogen and oxygen atoms in total. The number of carbonyl (C=O) groups is 2. The number of hydrogen-bond acceptors (Lipinski definition) is 9. The minimum atomic E-state index is -3.64. The second kappa shape index (κ2) is 11.9. The van der Waals surface area contributed by atoms with Crippen molar-refractivity contribution in [2.75, 3.05) is 18.9 Å². The van der Waals surface area contributed by atoms with Gasteiger partial charge in [0.2, 0.25) is 27.8 Å². The number of hydrogen-bond donors (Lipinski definition) is 4. The first-order chi connectivity index (χ1) is 19.7. The highest BCUT2D eigenvalue weighted by Gasteiger charge is 2.23. The van der Waals surface area contributed by atoms with Crippen molar-refractivity contribution >= 4 is 44.4 Å². The summed E-state index contributed by atoms with van der Waals surface area (Å²) in [6, 6.07) is 13.9. The van der Waals surface area contributed by atoms with E-state index in [2.05, 4.69) is 30.6 Å². The molecule has 2 aromatic heterocycles. The van der Waals surface area contributed by atoms with E-state index in [0.29, 0.717) is 39.3 Å². The number of nitrogens with one attached hydrogen (secondary N) is 4. The maximum absolute atomic E-state index is 12.5. The van der Waals surface area contributed by atoms with E-state index in [9.17, 15) is 18.0 Å². The van der Waals surface area contributed by atoms with Crippen LogP contribution in [0.25, 0.3) is 11.0 Å². The van der Waals surface area contributed by atoms with E-state index in [1.54, 1.807) is 62.5 Å². The summed E-state index contributed by atoms with van der Waals surface area (Å²) < 4.78 is 39.2. The highest BCUT2D eigenvalue weighted by Crippen LogP contribution is 2.31. The van der Waals surface area contributed by atoms with E-state index in [0.717, 1.165) is 12.8 Å². The fraction of sp³-hybridized carbons (Fsp3) is 0.286. The molecule has 214 valence electrons. The zero-order valence-corrected chi connectivity index (χ0v) is 23.4. The van der Waals surface area contributed by atoms with Crippen LogP contribution in [0.15, 0.2) is 59.1 Å². The average Bonchev–Trinajstić information content (AvgIpc) is 3.67. The number of aromatic nitrogens is 2. The Labute approximate surface area is 237 Å². The fourth-order valence-corrected chi connectivity index (χ4v) is 5.37. The van der Waals surface area contributed by atoms with E-state index in [4.69, 9.17) is 9.15 Å². The number of furan rings is 1. The van der Waals surface area contributed by atoms with Crippen molar-refractivity contribution < 1.29 is 27.2 Å². The summed E-state index contributed by atoms with van der Waals surface area (Å²) in [4.78, 5) is 32.6. The lowest BCUT2D eigenvalue weighted by molar-refractivity contribution is -0.121. The number of benzene rings is 2. The van der Waals surface area contributed by atoms with Crippen LogP contribution < -0.4 is 25.4 Å². The lowest BCUT2D eigenvalue weighted by Gasteiger charge is -2.10. The molecule has 0 spiro atoms. The summed E-state index contributed by atoms with van der Waals surface area (Å²) in [7, 11) is -2.07. The smallest absolute Gasteiger partial charge is 0.255 e. The van der Waals surface area contributed by atoms with Crippen LogP contribution >= 0.6 is 0 Å². The van der Waals surface area contributed by atoms with Gasteiger partial charge in [0, 0.05) is 55.5 Å². The van der Waals surface area contributed by atoms with Crippen molar-refractivity contribution in [3.8, 4) is 11.6 Å². The molecule has 2 amide bonds. The van der Waals surface area contributed by atoms with E-state index in [1.165, 1.54) is 6.20 Å². The highest BCUT2D eigenvalue weighted by atomic mass is 32.2. The molecule has 1 aliphatic rings. The first kappa shape index (κ1) is 28.1. The Morgan fingerprint density at radius 2 is 1.95 bits per heavy atom. The minimum Gasteiger partial charge on any atom is -0.460 e. The van der Waals surface area contributed by atoms with Crippen LogP contribution in [0.5, 0.6) is 11.6 Å². The van der Waals surface area contributed by atoms with Gasteiger partial charge in [0.1, 0.15) is 17.1 Å². The molecule has 0 radical (unpaired) electrons. The molecular weight excluding hydrogens is 548 g/mol. The predicted molar refractivity (Wildman–Crippen MR) is 153 cm³/mol. The van der Waals surface area contributed by atoms with Gasteiger partial charge in [0.15, 0.2) is 0 Å². The number of fused-ring (bicyclic) bond motifs is 1. The Kier molecular flexibility index (Phi) is 8.17. The number of sulfonamides is 1. The van der Waals surface area contributed by atoms with Gasteiger partial charge in [-0.05, 0) is 49.6 Å². The number of aryl methyl sites for hydroxylation is 1. The van der Waals surface area contributed by atoms with Gasteiger partial charge in [-0.2, -0.15) is 4.98 Å². The van der Waals surface area contributed by atoms with Crippen molar-refractivity contribution in [2.24, 2.45) is 0 Å². The zero-order valence-electron chi connectivity index (χ0n) is 22.6. The molecule has 1 fully saturated rings. The molecule has 0 unspecified atom stereocenters. The summed E-state index contributed by atoms with van der Waals surface area (Å²) in [6.07, 6.45) is 3.59. The van der Waals surface area contributed by atoms with Crippen LogP contribution in [-0.2, 0) is 20.6 Å². The van der Waals surface area contributed by atoms with Gasteiger partial charge in [0.05, 0.1) is 11.3 Å². The van der Waals surface area contributed by atoms with Crippen molar-refractivity contribution in [3.05, 3.63) is 71.6 Å². The molecular formula is C28H30N6O6S. The maximum Gasteiger partial charge on any atom is 0.255 e. The summed E-state index contributed by atoms with van der Waals surface area (Å²) in [5.41, 5.74) is 2.13. The molecule has 1 saturated carbocycles. The first-order valence-electron chi connectivity index (χ1n) is 13.1. The number of ether oxygens (including phenoxy) is 1. The Morgan fingerprint density at radius 1 is 1.12 bits per heavy atom. The third kappa shape index (κ3) is 7.38. The molecule has 2 aromatic carbocycles. The molecule has 13 heteroatoms. The van der Waals surface area contributed by atoms with Crippen LogP contribution in [0.1, 0.15) is 40.9 Å². The van der Waals surface area contributed by atoms with Crippen molar-refractivity contribution in [3.63, 3.8) is 0 Å². The van der Waals surface area contributed by atoms with Gasteiger partial charge >= 0.3 is 0 Å². The second-order valence-corrected chi connectivity index (χ2v) is 11.5. The molecule has 5 rings (SSSR count). The molecule has 2 heterocycles. The molecule has 0 atom stereocenters. The summed E-state index contributed by atoms with van der Waals surface area (Å²) in [5, 5.41) is 9.19. The molecule has 41 heavy (non-hydrogen) atoms. The topological polar surface area (TPSA) is 165 Å².